The van der Waals surface area contributed by atoms with E-state index in [1.165, 1.54) is 31.2 Å². The third-order valence-electron chi connectivity index (χ3n) is 3.03. The first kappa shape index (κ1) is 12.8. The van der Waals surface area contributed by atoms with E-state index in [0.29, 0.717) is 0 Å². The second-order valence-corrected chi connectivity index (χ2v) is 4.59. The molecule has 0 saturated carbocycles. The van der Waals surface area contributed by atoms with E-state index in [-0.39, 0.29) is 0 Å². The van der Waals surface area contributed by atoms with Crippen molar-refractivity contribution in [3.05, 3.63) is 35.4 Å². The minimum atomic E-state index is 0.753. The number of aryl methyl sites for hydroxylation is 1. The molecule has 0 saturated heterocycles. The molecule has 1 atom stereocenters. The van der Waals surface area contributed by atoms with Crippen LogP contribution in [0.15, 0.2) is 24.3 Å². The lowest BCUT2D eigenvalue weighted by Gasteiger charge is -2.09. The Morgan fingerprint density at radius 2 is 1.88 bits per heavy atom. The Morgan fingerprint density at radius 1 is 1.19 bits per heavy atom. The molecule has 1 aromatic rings. The highest BCUT2D eigenvalue weighted by molar-refractivity contribution is 5.31. The maximum absolute atomic E-state index is 8.69. The molecular formula is C15H21N. The van der Waals surface area contributed by atoms with Crippen molar-refractivity contribution >= 4 is 0 Å². The average molecular weight is 215 g/mol. The van der Waals surface area contributed by atoms with Crippen LogP contribution in [-0.4, -0.2) is 0 Å². The SMILES string of the molecule is CCCC(C)CCCc1ccc(C#N)cc1. The van der Waals surface area contributed by atoms with E-state index in [2.05, 4.69) is 32.0 Å². The van der Waals surface area contributed by atoms with Gasteiger partial charge >= 0.3 is 0 Å². The number of nitrogens with zero attached hydrogens (tertiary/aromatic N) is 1. The molecule has 86 valence electrons. The molecular weight excluding hydrogens is 194 g/mol. The topological polar surface area (TPSA) is 23.8 Å². The molecule has 0 N–H and O–H groups in total. The first-order valence-electron chi connectivity index (χ1n) is 6.25. The number of rotatable bonds is 6. The second-order valence-electron chi connectivity index (χ2n) is 4.59. The molecule has 1 aromatic carbocycles. The summed E-state index contributed by atoms with van der Waals surface area (Å²) in [7, 11) is 0. The van der Waals surface area contributed by atoms with Gasteiger partial charge in [-0.25, -0.2) is 0 Å². The highest BCUT2D eigenvalue weighted by atomic mass is 14.2. The monoisotopic (exact) mass is 215 g/mol. The molecule has 1 rings (SSSR count). The van der Waals surface area contributed by atoms with Crippen LogP contribution in [0, 0.1) is 17.2 Å². The third-order valence-corrected chi connectivity index (χ3v) is 3.03. The molecule has 0 aliphatic carbocycles. The lowest BCUT2D eigenvalue weighted by atomic mass is 9.97. The summed E-state index contributed by atoms with van der Waals surface area (Å²) in [4.78, 5) is 0. The van der Waals surface area contributed by atoms with E-state index in [0.717, 1.165) is 17.9 Å². The van der Waals surface area contributed by atoms with Gasteiger partial charge in [-0.05, 0) is 36.5 Å². The summed E-state index contributed by atoms with van der Waals surface area (Å²) < 4.78 is 0. The molecule has 0 aliphatic heterocycles. The smallest absolute Gasteiger partial charge is 0.0991 e. The van der Waals surface area contributed by atoms with Crippen molar-refractivity contribution in [1.29, 1.82) is 5.26 Å². The first-order valence-corrected chi connectivity index (χ1v) is 6.25. The average Bonchev–Trinajstić information content (AvgIpc) is 2.30. The van der Waals surface area contributed by atoms with Crippen LogP contribution in [0.25, 0.3) is 0 Å². The summed E-state index contributed by atoms with van der Waals surface area (Å²) in [6.07, 6.45) is 6.34. The molecule has 0 aliphatic rings. The Bertz CT molecular complexity index is 331. The van der Waals surface area contributed by atoms with Gasteiger partial charge in [0.05, 0.1) is 11.6 Å². The van der Waals surface area contributed by atoms with Gasteiger partial charge < -0.3 is 0 Å². The summed E-state index contributed by atoms with van der Waals surface area (Å²) in [6, 6.07) is 10.1. The predicted octanol–water partition coefficient (Wildman–Crippen LogP) is 4.32. The highest BCUT2D eigenvalue weighted by Crippen LogP contribution is 2.15. The van der Waals surface area contributed by atoms with Crippen LogP contribution in [0.4, 0.5) is 0 Å². The maximum atomic E-state index is 8.69. The molecule has 0 fully saturated rings. The molecule has 0 amide bonds. The van der Waals surface area contributed by atoms with E-state index in [1.807, 2.05) is 12.1 Å². The van der Waals surface area contributed by atoms with E-state index in [4.69, 9.17) is 5.26 Å². The summed E-state index contributed by atoms with van der Waals surface area (Å²) in [5, 5.41) is 8.69. The van der Waals surface area contributed by atoms with Gasteiger partial charge in [0.25, 0.3) is 0 Å². The molecule has 1 heteroatoms. The van der Waals surface area contributed by atoms with Gasteiger partial charge in [-0.15, -0.1) is 0 Å². The number of benzene rings is 1. The maximum Gasteiger partial charge on any atom is 0.0991 e. The molecule has 16 heavy (non-hydrogen) atoms. The van der Waals surface area contributed by atoms with Gasteiger partial charge in [-0.1, -0.05) is 45.2 Å². The van der Waals surface area contributed by atoms with Crippen LogP contribution in [0.1, 0.15) is 50.7 Å². The molecule has 0 heterocycles. The van der Waals surface area contributed by atoms with Crippen LogP contribution in [0.2, 0.25) is 0 Å². The lowest BCUT2D eigenvalue weighted by Crippen LogP contribution is -1.95. The molecule has 0 spiro atoms. The highest BCUT2D eigenvalue weighted by Gasteiger charge is 2.01. The molecule has 1 nitrogen and oxygen atoms in total. The van der Waals surface area contributed by atoms with Crippen molar-refractivity contribution in [2.45, 2.75) is 46.0 Å². The summed E-state index contributed by atoms with van der Waals surface area (Å²) in [5.41, 5.74) is 2.10. The fourth-order valence-electron chi connectivity index (χ4n) is 2.04. The van der Waals surface area contributed by atoms with E-state index >= 15 is 0 Å². The largest absolute Gasteiger partial charge is 0.192 e. The fourth-order valence-corrected chi connectivity index (χ4v) is 2.04. The lowest BCUT2D eigenvalue weighted by molar-refractivity contribution is 0.469. The van der Waals surface area contributed by atoms with Gasteiger partial charge in [0.15, 0.2) is 0 Å². The van der Waals surface area contributed by atoms with Gasteiger partial charge in [-0.2, -0.15) is 5.26 Å². The Balaban J connectivity index is 2.29. The van der Waals surface area contributed by atoms with Crippen LogP contribution in [0.5, 0.6) is 0 Å². The van der Waals surface area contributed by atoms with Crippen LogP contribution in [0.3, 0.4) is 0 Å². The number of hydrogen-bond acceptors (Lipinski definition) is 1. The van der Waals surface area contributed by atoms with Crippen molar-refractivity contribution in [2.24, 2.45) is 5.92 Å². The number of nitriles is 1. The van der Waals surface area contributed by atoms with Crippen LogP contribution in [-0.2, 0) is 6.42 Å². The first-order chi connectivity index (χ1) is 7.76. The third kappa shape index (κ3) is 4.49. The fraction of sp³-hybridized carbons (Fsp3) is 0.533. The Morgan fingerprint density at radius 3 is 2.44 bits per heavy atom. The van der Waals surface area contributed by atoms with E-state index in [9.17, 15) is 0 Å². The zero-order chi connectivity index (χ0) is 11.8. The minimum absolute atomic E-state index is 0.753. The number of hydrogen-bond donors (Lipinski definition) is 0. The van der Waals surface area contributed by atoms with E-state index < -0.39 is 0 Å². The van der Waals surface area contributed by atoms with Crippen molar-refractivity contribution in [1.82, 2.24) is 0 Å². The van der Waals surface area contributed by atoms with Crippen LogP contribution >= 0.6 is 0 Å². The molecule has 1 unspecified atom stereocenters. The van der Waals surface area contributed by atoms with Gasteiger partial charge in [0.1, 0.15) is 0 Å². The zero-order valence-electron chi connectivity index (χ0n) is 10.4. The van der Waals surface area contributed by atoms with Crippen molar-refractivity contribution in [3.8, 4) is 6.07 Å². The van der Waals surface area contributed by atoms with Gasteiger partial charge in [0.2, 0.25) is 0 Å². The molecule has 0 radical (unpaired) electrons. The van der Waals surface area contributed by atoms with Gasteiger partial charge in [0, 0.05) is 0 Å². The van der Waals surface area contributed by atoms with Crippen molar-refractivity contribution in [3.63, 3.8) is 0 Å². The summed E-state index contributed by atoms with van der Waals surface area (Å²) in [5.74, 6) is 0.850. The Hall–Kier alpha value is -1.29. The predicted molar refractivity (Wildman–Crippen MR) is 68.2 cm³/mol. The molecule has 0 aromatic heterocycles. The van der Waals surface area contributed by atoms with Crippen LogP contribution < -0.4 is 0 Å². The van der Waals surface area contributed by atoms with Crippen molar-refractivity contribution < 1.29 is 0 Å². The van der Waals surface area contributed by atoms with Crippen molar-refractivity contribution in [2.75, 3.05) is 0 Å². The quantitative estimate of drug-likeness (QED) is 0.693. The Kier molecular flexibility index (Phi) is 5.64. The van der Waals surface area contributed by atoms with Gasteiger partial charge in [-0.3, -0.25) is 0 Å². The second kappa shape index (κ2) is 7.06. The summed E-state index contributed by atoms with van der Waals surface area (Å²) in [6.45, 7) is 4.58. The summed E-state index contributed by atoms with van der Waals surface area (Å²) >= 11 is 0. The minimum Gasteiger partial charge on any atom is -0.192 e. The van der Waals surface area contributed by atoms with E-state index in [1.54, 1.807) is 0 Å². The zero-order valence-corrected chi connectivity index (χ0v) is 10.4. The Labute approximate surface area is 99.1 Å². The molecule has 0 bridgehead atoms. The normalized spacial score (nSPS) is 12.1. The standard InChI is InChI=1S/C15H21N/c1-3-5-13(2)6-4-7-14-8-10-15(12-16)11-9-14/h8-11,13H,3-7H2,1-2H3.